The molecule has 2 aromatic rings. The highest BCUT2D eigenvalue weighted by atomic mass is 35.5. The summed E-state index contributed by atoms with van der Waals surface area (Å²) in [6.07, 6.45) is 0. The Morgan fingerprint density at radius 2 is 1.71 bits per heavy atom. The summed E-state index contributed by atoms with van der Waals surface area (Å²) in [5, 5.41) is 0.411. The third kappa shape index (κ3) is 4.77. The lowest BCUT2D eigenvalue weighted by molar-refractivity contribution is 0.0474. The molecule has 0 amide bonds. The van der Waals surface area contributed by atoms with Crippen LogP contribution in [0.1, 0.15) is 20.7 Å². The number of esters is 1. The van der Waals surface area contributed by atoms with Gasteiger partial charge in [-0.15, -0.1) is 0 Å². The van der Waals surface area contributed by atoms with Crippen molar-refractivity contribution < 1.29 is 27.5 Å². The molecular weight excluding hydrogens is 406 g/mol. The normalized spacial score (nSPS) is 15.2. The van der Waals surface area contributed by atoms with Gasteiger partial charge in [0, 0.05) is 23.7 Å². The van der Waals surface area contributed by atoms with Crippen LogP contribution < -0.4 is 0 Å². The van der Waals surface area contributed by atoms with Gasteiger partial charge in [0.1, 0.15) is 0 Å². The largest absolute Gasteiger partial charge is 0.454 e. The Morgan fingerprint density at radius 3 is 2.36 bits per heavy atom. The molecule has 148 valence electrons. The average Bonchev–Trinajstić information content (AvgIpc) is 2.72. The van der Waals surface area contributed by atoms with E-state index in [-0.39, 0.29) is 29.3 Å². The quantitative estimate of drug-likeness (QED) is 0.523. The van der Waals surface area contributed by atoms with E-state index in [4.69, 9.17) is 21.1 Å². The number of carbonyl (C=O) groups excluding carboxylic acids is 2. The van der Waals surface area contributed by atoms with Gasteiger partial charge in [0.2, 0.25) is 10.0 Å². The smallest absolute Gasteiger partial charge is 0.338 e. The third-order valence-electron chi connectivity index (χ3n) is 4.18. The van der Waals surface area contributed by atoms with E-state index in [0.29, 0.717) is 23.8 Å². The number of halogens is 1. The van der Waals surface area contributed by atoms with Crippen molar-refractivity contribution in [3.63, 3.8) is 0 Å². The molecule has 0 atom stereocenters. The lowest BCUT2D eigenvalue weighted by Gasteiger charge is -2.26. The Hall–Kier alpha value is -2.26. The van der Waals surface area contributed by atoms with Crippen LogP contribution in [-0.4, -0.2) is 57.4 Å². The Balaban J connectivity index is 1.63. The SMILES string of the molecule is O=C(COC(=O)c1ccc(S(=O)(=O)N2CCOCC2)cc1)c1cccc(Cl)c1. The van der Waals surface area contributed by atoms with Gasteiger partial charge in [0.15, 0.2) is 12.4 Å². The number of hydrogen-bond acceptors (Lipinski definition) is 6. The lowest BCUT2D eigenvalue weighted by Crippen LogP contribution is -2.40. The molecule has 28 heavy (non-hydrogen) atoms. The van der Waals surface area contributed by atoms with Gasteiger partial charge in [-0.05, 0) is 36.4 Å². The maximum absolute atomic E-state index is 12.6. The predicted molar refractivity (Wildman–Crippen MR) is 102 cm³/mol. The van der Waals surface area contributed by atoms with Crippen LogP contribution in [0.3, 0.4) is 0 Å². The topological polar surface area (TPSA) is 90.0 Å². The number of benzene rings is 2. The first-order valence-electron chi connectivity index (χ1n) is 8.52. The monoisotopic (exact) mass is 423 g/mol. The first kappa shape index (κ1) is 20.5. The zero-order chi connectivity index (χ0) is 20.1. The summed E-state index contributed by atoms with van der Waals surface area (Å²) in [5.74, 6) is -1.10. The Morgan fingerprint density at radius 1 is 1.04 bits per heavy atom. The third-order valence-corrected chi connectivity index (χ3v) is 6.33. The van der Waals surface area contributed by atoms with Crippen LogP contribution in [0, 0.1) is 0 Å². The second-order valence-electron chi connectivity index (χ2n) is 6.05. The standard InChI is InChI=1S/C19H18ClNO6S/c20-16-3-1-2-15(12-16)18(22)13-27-19(23)14-4-6-17(7-5-14)28(24,25)21-8-10-26-11-9-21/h1-7,12H,8-11,13H2. The number of carbonyl (C=O) groups is 2. The zero-order valence-corrected chi connectivity index (χ0v) is 16.4. The van der Waals surface area contributed by atoms with E-state index >= 15 is 0 Å². The van der Waals surface area contributed by atoms with Crippen molar-refractivity contribution in [3.8, 4) is 0 Å². The van der Waals surface area contributed by atoms with Gasteiger partial charge in [-0.1, -0.05) is 23.7 Å². The molecule has 1 aliphatic rings. The Bertz CT molecular complexity index is 968. The number of nitrogens with zero attached hydrogens (tertiary/aromatic N) is 1. The number of hydrogen-bond donors (Lipinski definition) is 0. The van der Waals surface area contributed by atoms with E-state index in [0.717, 1.165) is 0 Å². The molecule has 0 saturated carbocycles. The highest BCUT2D eigenvalue weighted by molar-refractivity contribution is 7.89. The highest BCUT2D eigenvalue weighted by Gasteiger charge is 2.26. The van der Waals surface area contributed by atoms with Crippen molar-refractivity contribution in [2.75, 3.05) is 32.9 Å². The fourth-order valence-corrected chi connectivity index (χ4v) is 4.26. The molecule has 0 spiro atoms. The van der Waals surface area contributed by atoms with Crippen LogP contribution >= 0.6 is 11.6 Å². The predicted octanol–water partition coefficient (Wildman–Crippen LogP) is 2.40. The minimum Gasteiger partial charge on any atom is -0.454 e. The second kappa shape index (κ2) is 8.83. The Labute approximate surface area is 167 Å². The van der Waals surface area contributed by atoms with E-state index in [1.165, 1.54) is 34.6 Å². The van der Waals surface area contributed by atoms with Crippen LogP contribution in [0.4, 0.5) is 0 Å². The first-order chi connectivity index (χ1) is 13.4. The first-order valence-corrected chi connectivity index (χ1v) is 10.3. The van der Waals surface area contributed by atoms with Gasteiger partial charge in [-0.2, -0.15) is 4.31 Å². The molecule has 1 heterocycles. The maximum atomic E-state index is 12.6. The fourth-order valence-electron chi connectivity index (χ4n) is 2.66. The molecule has 7 nitrogen and oxygen atoms in total. The van der Waals surface area contributed by atoms with Crippen LogP contribution in [-0.2, 0) is 19.5 Å². The van der Waals surface area contributed by atoms with Crippen LogP contribution in [0.25, 0.3) is 0 Å². The molecule has 0 aromatic heterocycles. The van der Waals surface area contributed by atoms with Gasteiger partial charge in [0.05, 0.1) is 23.7 Å². The molecule has 3 rings (SSSR count). The molecule has 0 aliphatic carbocycles. The van der Waals surface area contributed by atoms with Crippen molar-refractivity contribution in [2.24, 2.45) is 0 Å². The second-order valence-corrected chi connectivity index (χ2v) is 8.42. The highest BCUT2D eigenvalue weighted by Crippen LogP contribution is 2.18. The molecule has 1 fully saturated rings. The molecular formula is C19H18ClNO6S. The van der Waals surface area contributed by atoms with Crippen LogP contribution in [0.15, 0.2) is 53.4 Å². The summed E-state index contributed by atoms with van der Waals surface area (Å²) < 4.78 is 36.7. The summed E-state index contributed by atoms with van der Waals surface area (Å²) in [4.78, 5) is 24.3. The summed E-state index contributed by atoms with van der Waals surface area (Å²) in [5.41, 5.74) is 0.493. The number of sulfonamides is 1. The molecule has 0 bridgehead atoms. The summed E-state index contributed by atoms with van der Waals surface area (Å²) in [6, 6.07) is 11.7. The molecule has 2 aromatic carbocycles. The van der Waals surface area contributed by atoms with Gasteiger partial charge in [-0.25, -0.2) is 13.2 Å². The van der Waals surface area contributed by atoms with E-state index in [1.54, 1.807) is 18.2 Å². The van der Waals surface area contributed by atoms with Crippen LogP contribution in [0.5, 0.6) is 0 Å². The minimum absolute atomic E-state index is 0.0842. The summed E-state index contributed by atoms with van der Waals surface area (Å²) >= 11 is 5.84. The Kier molecular flexibility index (Phi) is 6.46. The number of Topliss-reactive ketones (excluding diaryl/α,β-unsaturated/α-hetero) is 1. The number of ketones is 1. The lowest BCUT2D eigenvalue weighted by atomic mass is 10.1. The van der Waals surface area contributed by atoms with Gasteiger partial charge < -0.3 is 9.47 Å². The molecule has 9 heteroatoms. The number of ether oxygens (including phenoxy) is 2. The summed E-state index contributed by atoms with van der Waals surface area (Å²) in [7, 11) is -3.64. The fraction of sp³-hybridized carbons (Fsp3) is 0.263. The van der Waals surface area contributed by atoms with Crippen molar-refractivity contribution in [1.29, 1.82) is 0 Å². The van der Waals surface area contributed by atoms with Gasteiger partial charge in [-0.3, -0.25) is 4.79 Å². The van der Waals surface area contributed by atoms with E-state index < -0.39 is 22.6 Å². The molecule has 0 N–H and O–H groups in total. The minimum atomic E-state index is -3.64. The number of morpholine rings is 1. The van der Waals surface area contributed by atoms with Gasteiger partial charge >= 0.3 is 5.97 Å². The molecule has 0 radical (unpaired) electrons. The van der Waals surface area contributed by atoms with Crippen LogP contribution in [0.2, 0.25) is 5.02 Å². The number of rotatable bonds is 6. The maximum Gasteiger partial charge on any atom is 0.338 e. The van der Waals surface area contributed by atoms with Crippen molar-refractivity contribution >= 4 is 33.4 Å². The average molecular weight is 424 g/mol. The van der Waals surface area contributed by atoms with Crippen molar-refractivity contribution in [1.82, 2.24) is 4.31 Å². The molecule has 1 aliphatic heterocycles. The van der Waals surface area contributed by atoms with E-state index in [9.17, 15) is 18.0 Å². The zero-order valence-electron chi connectivity index (χ0n) is 14.8. The van der Waals surface area contributed by atoms with Crippen molar-refractivity contribution in [2.45, 2.75) is 4.90 Å². The van der Waals surface area contributed by atoms with Crippen molar-refractivity contribution in [3.05, 3.63) is 64.7 Å². The van der Waals surface area contributed by atoms with E-state index in [2.05, 4.69) is 0 Å². The molecule has 1 saturated heterocycles. The molecule has 0 unspecified atom stereocenters. The summed E-state index contributed by atoms with van der Waals surface area (Å²) in [6.45, 7) is 0.844. The van der Waals surface area contributed by atoms with Gasteiger partial charge in [0.25, 0.3) is 0 Å². The van der Waals surface area contributed by atoms with E-state index in [1.807, 2.05) is 0 Å².